The monoisotopic (exact) mass is 462 g/mol. The van der Waals surface area contributed by atoms with E-state index in [4.69, 9.17) is 0 Å². The summed E-state index contributed by atoms with van der Waals surface area (Å²) >= 11 is 0. The number of ether oxygens (including phenoxy) is 1. The zero-order valence-corrected chi connectivity index (χ0v) is 17.0. The van der Waals surface area contributed by atoms with E-state index >= 15 is 0 Å². The number of carbonyl (C=O) groups is 2. The molecule has 2 aromatic carbocycles. The molecule has 1 aromatic heterocycles. The van der Waals surface area contributed by atoms with Crippen LogP contribution in [0.3, 0.4) is 0 Å². The average molecular weight is 462 g/mol. The highest BCUT2D eigenvalue weighted by Gasteiger charge is 2.31. The van der Waals surface area contributed by atoms with Crippen LogP contribution in [0.2, 0.25) is 0 Å². The number of rotatable bonds is 5. The Morgan fingerprint density at radius 3 is 2.58 bits per heavy atom. The highest BCUT2D eigenvalue weighted by Crippen LogP contribution is 2.31. The quantitative estimate of drug-likeness (QED) is 0.561. The van der Waals surface area contributed by atoms with E-state index in [-0.39, 0.29) is 30.6 Å². The second kappa shape index (κ2) is 8.93. The zero-order valence-electron chi connectivity index (χ0n) is 17.0. The topological polar surface area (TPSA) is 85.2 Å². The van der Waals surface area contributed by atoms with Crippen LogP contribution in [0, 0.1) is 11.7 Å². The zero-order chi connectivity index (χ0) is 23.6. The molecule has 2 N–H and O–H groups in total. The highest BCUT2D eigenvalue weighted by molar-refractivity contribution is 5.93. The summed E-state index contributed by atoms with van der Waals surface area (Å²) < 4.78 is 56.8. The summed E-state index contributed by atoms with van der Waals surface area (Å²) in [5, 5.41) is 9.67. The minimum Gasteiger partial charge on any atom is -0.406 e. The molecule has 2 heterocycles. The minimum atomic E-state index is -4.86. The van der Waals surface area contributed by atoms with Crippen molar-refractivity contribution >= 4 is 17.6 Å². The van der Waals surface area contributed by atoms with Crippen LogP contribution >= 0.6 is 0 Å². The van der Waals surface area contributed by atoms with Crippen molar-refractivity contribution in [2.75, 3.05) is 11.9 Å². The van der Waals surface area contributed by atoms with Crippen LogP contribution in [-0.4, -0.2) is 34.5 Å². The van der Waals surface area contributed by atoms with Crippen molar-refractivity contribution < 1.29 is 31.9 Å². The molecule has 1 unspecified atom stereocenters. The van der Waals surface area contributed by atoms with Gasteiger partial charge in [0.1, 0.15) is 11.6 Å². The van der Waals surface area contributed by atoms with E-state index in [9.17, 15) is 27.2 Å². The third-order valence-corrected chi connectivity index (χ3v) is 5.03. The summed E-state index contributed by atoms with van der Waals surface area (Å²) in [6.45, 7) is 0.201. The van der Waals surface area contributed by atoms with Crippen LogP contribution in [0.25, 0.3) is 16.9 Å². The first-order valence-electron chi connectivity index (χ1n) is 9.98. The summed E-state index contributed by atoms with van der Waals surface area (Å²) in [5.41, 5.74) is 1.11. The number of halogens is 4. The smallest absolute Gasteiger partial charge is 0.406 e. The summed E-state index contributed by atoms with van der Waals surface area (Å²) in [7, 11) is 0. The number of nitrogens with zero attached hydrogens (tertiary/aromatic N) is 2. The summed E-state index contributed by atoms with van der Waals surface area (Å²) in [4.78, 5) is 23.9. The van der Waals surface area contributed by atoms with E-state index in [2.05, 4.69) is 20.5 Å². The van der Waals surface area contributed by atoms with Crippen LogP contribution in [0.1, 0.15) is 12.8 Å². The van der Waals surface area contributed by atoms with Crippen molar-refractivity contribution in [3.05, 3.63) is 60.4 Å². The Balaban J connectivity index is 1.67. The van der Waals surface area contributed by atoms with Crippen LogP contribution in [-0.2, 0) is 9.59 Å². The number of alkyl halides is 3. The lowest BCUT2D eigenvalue weighted by Gasteiger charge is -2.20. The van der Waals surface area contributed by atoms with Gasteiger partial charge in [0, 0.05) is 24.6 Å². The molecular weight excluding hydrogens is 444 g/mol. The maximum atomic E-state index is 13.4. The number of piperidine rings is 1. The number of anilines is 1. The van der Waals surface area contributed by atoms with Gasteiger partial charge in [-0.1, -0.05) is 12.1 Å². The van der Waals surface area contributed by atoms with Crippen molar-refractivity contribution in [3.63, 3.8) is 0 Å². The predicted molar refractivity (Wildman–Crippen MR) is 110 cm³/mol. The van der Waals surface area contributed by atoms with Crippen molar-refractivity contribution in [1.82, 2.24) is 15.1 Å². The fourth-order valence-electron chi connectivity index (χ4n) is 3.46. The normalized spacial score (nSPS) is 16.2. The van der Waals surface area contributed by atoms with Crippen molar-refractivity contribution in [3.8, 4) is 22.7 Å². The maximum Gasteiger partial charge on any atom is 0.573 e. The van der Waals surface area contributed by atoms with Crippen LogP contribution in [0.5, 0.6) is 5.75 Å². The first-order chi connectivity index (χ1) is 15.7. The van der Waals surface area contributed by atoms with E-state index in [1.54, 1.807) is 6.07 Å². The molecule has 0 bridgehead atoms. The fraction of sp³-hybridized carbons (Fsp3) is 0.227. The van der Waals surface area contributed by atoms with Gasteiger partial charge >= 0.3 is 6.36 Å². The largest absolute Gasteiger partial charge is 0.573 e. The van der Waals surface area contributed by atoms with E-state index in [0.717, 1.165) is 6.07 Å². The molecule has 1 atom stereocenters. The second-order valence-electron chi connectivity index (χ2n) is 7.41. The van der Waals surface area contributed by atoms with Gasteiger partial charge in [-0.3, -0.25) is 9.59 Å². The minimum absolute atomic E-state index is 0.122. The molecular formula is C22H18F4N4O3. The molecule has 0 saturated carbocycles. The van der Waals surface area contributed by atoms with Gasteiger partial charge in [-0.05, 0) is 42.8 Å². The van der Waals surface area contributed by atoms with Crippen molar-refractivity contribution in [2.24, 2.45) is 5.92 Å². The van der Waals surface area contributed by atoms with E-state index in [0.29, 0.717) is 23.4 Å². The predicted octanol–water partition coefficient (Wildman–Crippen LogP) is 4.04. The molecule has 1 saturated heterocycles. The lowest BCUT2D eigenvalue weighted by molar-refractivity contribution is -0.274. The van der Waals surface area contributed by atoms with Gasteiger partial charge in [0.25, 0.3) is 0 Å². The second-order valence-corrected chi connectivity index (χ2v) is 7.41. The van der Waals surface area contributed by atoms with Gasteiger partial charge in [0.15, 0.2) is 5.82 Å². The molecule has 2 amide bonds. The Morgan fingerprint density at radius 2 is 1.91 bits per heavy atom. The highest BCUT2D eigenvalue weighted by atomic mass is 19.4. The number of aromatic nitrogens is 2. The molecule has 0 radical (unpaired) electrons. The number of carbonyl (C=O) groups excluding carboxylic acids is 2. The molecule has 7 nitrogen and oxygen atoms in total. The van der Waals surface area contributed by atoms with Gasteiger partial charge in [-0.2, -0.15) is 0 Å². The molecule has 3 aromatic rings. The molecule has 33 heavy (non-hydrogen) atoms. The van der Waals surface area contributed by atoms with E-state index in [1.165, 1.54) is 47.1 Å². The average Bonchev–Trinajstić information content (AvgIpc) is 3.17. The molecule has 172 valence electrons. The first-order valence-corrected chi connectivity index (χ1v) is 9.98. The standard InChI is InChI=1S/C22H18F4N4O3/c23-15-5-7-16(8-6-15)30-18(13-2-1-3-17(10-13)33-22(24,25)26)11-19(29-30)28-21(32)14-4-9-20(31)27-12-14/h1-3,5-8,10-11,14H,4,9,12H2,(H,27,31)(H,28,29,32). The molecule has 11 heteroatoms. The van der Waals surface area contributed by atoms with Gasteiger partial charge in [0.05, 0.1) is 17.3 Å². The van der Waals surface area contributed by atoms with E-state index in [1.807, 2.05) is 0 Å². The summed E-state index contributed by atoms with van der Waals surface area (Å²) in [5.74, 6) is -1.65. The number of nitrogens with one attached hydrogen (secondary N) is 2. The Labute approximate surface area is 185 Å². The number of benzene rings is 2. The van der Waals surface area contributed by atoms with E-state index < -0.39 is 23.8 Å². The van der Waals surface area contributed by atoms with Crippen LogP contribution < -0.4 is 15.4 Å². The van der Waals surface area contributed by atoms with Gasteiger partial charge < -0.3 is 15.4 Å². The van der Waals surface area contributed by atoms with Gasteiger partial charge in [0.2, 0.25) is 11.8 Å². The number of hydrogen-bond donors (Lipinski definition) is 2. The molecule has 0 spiro atoms. The number of amides is 2. The third-order valence-electron chi connectivity index (χ3n) is 5.03. The Hall–Kier alpha value is -3.89. The van der Waals surface area contributed by atoms with Crippen LogP contribution in [0.4, 0.5) is 23.4 Å². The molecule has 1 aliphatic rings. The van der Waals surface area contributed by atoms with Gasteiger partial charge in [-0.15, -0.1) is 18.3 Å². The number of hydrogen-bond acceptors (Lipinski definition) is 4. The molecule has 1 aliphatic heterocycles. The van der Waals surface area contributed by atoms with Crippen molar-refractivity contribution in [1.29, 1.82) is 0 Å². The maximum absolute atomic E-state index is 13.4. The molecule has 4 rings (SSSR count). The lowest BCUT2D eigenvalue weighted by atomic mass is 9.98. The van der Waals surface area contributed by atoms with Gasteiger partial charge in [-0.25, -0.2) is 9.07 Å². The summed E-state index contributed by atoms with van der Waals surface area (Å²) in [6, 6.07) is 12.1. The Morgan fingerprint density at radius 1 is 1.15 bits per heavy atom. The van der Waals surface area contributed by atoms with Crippen molar-refractivity contribution in [2.45, 2.75) is 19.2 Å². The SMILES string of the molecule is O=C1CCC(C(=O)Nc2cc(-c3cccc(OC(F)(F)F)c3)n(-c3ccc(F)cc3)n2)CN1. The third kappa shape index (κ3) is 5.48. The Kier molecular flexibility index (Phi) is 6.03. The lowest BCUT2D eigenvalue weighted by Crippen LogP contribution is -2.40. The summed E-state index contributed by atoms with van der Waals surface area (Å²) in [6.07, 6.45) is -4.23. The fourth-order valence-corrected chi connectivity index (χ4v) is 3.46. The Bertz CT molecular complexity index is 1170. The molecule has 1 fully saturated rings. The first kappa shape index (κ1) is 22.3. The molecule has 0 aliphatic carbocycles. The van der Waals surface area contributed by atoms with Crippen LogP contribution in [0.15, 0.2) is 54.6 Å².